The normalized spacial score (nSPS) is 11.9. The Balaban J connectivity index is 2.06. The van der Waals surface area contributed by atoms with E-state index in [1.54, 1.807) is 12.1 Å². The molecule has 0 saturated carbocycles. The number of rotatable bonds is 4. The second-order valence-electron chi connectivity index (χ2n) is 5.01. The average Bonchev–Trinajstić information content (AvgIpc) is 2.47. The third-order valence-electron chi connectivity index (χ3n) is 3.34. The molecule has 20 heavy (non-hydrogen) atoms. The lowest BCUT2D eigenvalue weighted by molar-refractivity contribution is 0.0940. The molecule has 0 radical (unpaired) electrons. The molecule has 104 valence electrons. The van der Waals surface area contributed by atoms with Gasteiger partial charge in [0.1, 0.15) is 0 Å². The van der Waals surface area contributed by atoms with E-state index in [9.17, 15) is 4.79 Å². The predicted octanol–water partition coefficient (Wildman–Crippen LogP) is 2.94. The molecule has 3 heteroatoms. The van der Waals surface area contributed by atoms with E-state index in [0.717, 1.165) is 11.1 Å². The molecule has 0 unspecified atom stereocenters. The largest absolute Gasteiger partial charge is 0.346 e. The standard InChI is InChI=1S/C17H20N2O/c1-12-4-3-5-16(10-12)13(2)19-17(20)15-8-6-14(11-18)7-9-15/h3-10,13H,11,18H2,1-2H3,(H,19,20)/t13-/m0/s1. The molecule has 0 heterocycles. The molecule has 0 aliphatic heterocycles. The van der Waals surface area contributed by atoms with Crippen LogP contribution in [0.4, 0.5) is 0 Å². The lowest BCUT2D eigenvalue weighted by Crippen LogP contribution is -2.26. The summed E-state index contributed by atoms with van der Waals surface area (Å²) in [6, 6.07) is 15.5. The number of hydrogen-bond donors (Lipinski definition) is 2. The molecular formula is C17H20N2O. The van der Waals surface area contributed by atoms with Gasteiger partial charge >= 0.3 is 0 Å². The maximum Gasteiger partial charge on any atom is 0.251 e. The van der Waals surface area contributed by atoms with E-state index in [0.29, 0.717) is 12.1 Å². The quantitative estimate of drug-likeness (QED) is 0.895. The highest BCUT2D eigenvalue weighted by Gasteiger charge is 2.11. The number of benzene rings is 2. The first-order valence-corrected chi connectivity index (χ1v) is 6.76. The third-order valence-corrected chi connectivity index (χ3v) is 3.34. The topological polar surface area (TPSA) is 55.1 Å². The van der Waals surface area contributed by atoms with Crippen LogP contribution in [0.3, 0.4) is 0 Å². The maximum atomic E-state index is 12.2. The number of hydrogen-bond acceptors (Lipinski definition) is 2. The Morgan fingerprint density at radius 1 is 1.20 bits per heavy atom. The lowest BCUT2D eigenvalue weighted by atomic mass is 10.1. The minimum absolute atomic E-state index is 0.0171. The summed E-state index contributed by atoms with van der Waals surface area (Å²) < 4.78 is 0. The summed E-state index contributed by atoms with van der Waals surface area (Å²) in [5, 5.41) is 3.01. The molecule has 0 bridgehead atoms. The van der Waals surface area contributed by atoms with Crippen molar-refractivity contribution < 1.29 is 4.79 Å². The van der Waals surface area contributed by atoms with Gasteiger partial charge in [-0.05, 0) is 37.1 Å². The van der Waals surface area contributed by atoms with Crippen LogP contribution in [0.15, 0.2) is 48.5 Å². The van der Waals surface area contributed by atoms with Crippen molar-refractivity contribution in [1.82, 2.24) is 5.32 Å². The van der Waals surface area contributed by atoms with Gasteiger partial charge in [0.2, 0.25) is 0 Å². The Labute approximate surface area is 119 Å². The monoisotopic (exact) mass is 268 g/mol. The molecule has 0 spiro atoms. The predicted molar refractivity (Wildman–Crippen MR) is 81.4 cm³/mol. The van der Waals surface area contributed by atoms with Crippen LogP contribution in [0.25, 0.3) is 0 Å². The van der Waals surface area contributed by atoms with Crippen LogP contribution in [0, 0.1) is 6.92 Å². The fourth-order valence-electron chi connectivity index (χ4n) is 2.09. The molecule has 0 fully saturated rings. The Morgan fingerprint density at radius 3 is 2.50 bits per heavy atom. The number of carbonyl (C=O) groups is 1. The number of nitrogens with one attached hydrogen (secondary N) is 1. The summed E-state index contributed by atoms with van der Waals surface area (Å²) in [5.74, 6) is -0.0671. The Hall–Kier alpha value is -2.13. The van der Waals surface area contributed by atoms with E-state index < -0.39 is 0 Å². The van der Waals surface area contributed by atoms with Gasteiger partial charge in [-0.1, -0.05) is 42.0 Å². The van der Waals surface area contributed by atoms with Gasteiger partial charge in [-0.3, -0.25) is 4.79 Å². The summed E-state index contributed by atoms with van der Waals surface area (Å²) in [6.07, 6.45) is 0. The highest BCUT2D eigenvalue weighted by atomic mass is 16.1. The van der Waals surface area contributed by atoms with Gasteiger partial charge in [0, 0.05) is 12.1 Å². The van der Waals surface area contributed by atoms with Gasteiger partial charge in [-0.15, -0.1) is 0 Å². The second-order valence-corrected chi connectivity index (χ2v) is 5.01. The van der Waals surface area contributed by atoms with Gasteiger partial charge in [-0.25, -0.2) is 0 Å². The van der Waals surface area contributed by atoms with E-state index in [2.05, 4.69) is 11.4 Å². The summed E-state index contributed by atoms with van der Waals surface area (Å²) in [5.41, 5.74) is 9.52. The van der Waals surface area contributed by atoms with Crippen LogP contribution in [-0.4, -0.2) is 5.91 Å². The van der Waals surface area contributed by atoms with Crippen LogP contribution < -0.4 is 11.1 Å². The molecule has 0 aliphatic rings. The fourth-order valence-corrected chi connectivity index (χ4v) is 2.09. The van der Waals surface area contributed by atoms with Crippen LogP contribution in [0.2, 0.25) is 0 Å². The van der Waals surface area contributed by atoms with E-state index >= 15 is 0 Å². The summed E-state index contributed by atoms with van der Waals surface area (Å²) in [4.78, 5) is 12.2. The molecule has 1 atom stereocenters. The summed E-state index contributed by atoms with van der Waals surface area (Å²) >= 11 is 0. The van der Waals surface area contributed by atoms with E-state index in [1.165, 1.54) is 5.56 Å². The molecule has 3 N–H and O–H groups in total. The molecule has 2 rings (SSSR count). The smallest absolute Gasteiger partial charge is 0.251 e. The minimum Gasteiger partial charge on any atom is -0.346 e. The zero-order chi connectivity index (χ0) is 14.5. The first kappa shape index (κ1) is 14.3. The first-order valence-electron chi connectivity index (χ1n) is 6.76. The van der Waals surface area contributed by atoms with Gasteiger partial charge in [0.15, 0.2) is 0 Å². The molecule has 0 aliphatic carbocycles. The molecule has 2 aromatic carbocycles. The zero-order valence-electron chi connectivity index (χ0n) is 11.9. The number of aryl methyl sites for hydroxylation is 1. The van der Waals surface area contributed by atoms with Gasteiger partial charge < -0.3 is 11.1 Å². The maximum absolute atomic E-state index is 12.2. The minimum atomic E-state index is -0.0671. The van der Waals surface area contributed by atoms with E-state index in [1.807, 2.05) is 44.2 Å². The zero-order valence-corrected chi connectivity index (χ0v) is 11.9. The average molecular weight is 268 g/mol. The lowest BCUT2D eigenvalue weighted by Gasteiger charge is -2.15. The fraction of sp³-hybridized carbons (Fsp3) is 0.235. The van der Waals surface area contributed by atoms with Crippen LogP contribution in [-0.2, 0) is 6.54 Å². The van der Waals surface area contributed by atoms with Crippen molar-refractivity contribution in [3.63, 3.8) is 0 Å². The van der Waals surface area contributed by atoms with Crippen molar-refractivity contribution in [3.8, 4) is 0 Å². The highest BCUT2D eigenvalue weighted by molar-refractivity contribution is 5.94. The number of nitrogens with two attached hydrogens (primary N) is 1. The van der Waals surface area contributed by atoms with Crippen molar-refractivity contribution >= 4 is 5.91 Å². The number of amides is 1. The number of carbonyl (C=O) groups excluding carboxylic acids is 1. The van der Waals surface area contributed by atoms with Crippen molar-refractivity contribution in [2.75, 3.05) is 0 Å². The summed E-state index contributed by atoms with van der Waals surface area (Å²) in [7, 11) is 0. The van der Waals surface area contributed by atoms with E-state index in [4.69, 9.17) is 5.73 Å². The third kappa shape index (κ3) is 3.45. The summed E-state index contributed by atoms with van der Waals surface area (Å²) in [6.45, 7) is 4.52. The molecule has 1 amide bonds. The van der Waals surface area contributed by atoms with Gasteiger partial charge in [-0.2, -0.15) is 0 Å². The van der Waals surface area contributed by atoms with E-state index in [-0.39, 0.29) is 11.9 Å². The highest BCUT2D eigenvalue weighted by Crippen LogP contribution is 2.14. The van der Waals surface area contributed by atoms with Gasteiger partial charge in [0.25, 0.3) is 5.91 Å². The Kier molecular flexibility index (Phi) is 4.53. The Bertz CT molecular complexity index is 590. The van der Waals surface area contributed by atoms with Crippen LogP contribution >= 0.6 is 0 Å². The SMILES string of the molecule is Cc1cccc([C@H](C)NC(=O)c2ccc(CN)cc2)c1. The van der Waals surface area contributed by atoms with Crippen molar-refractivity contribution in [2.24, 2.45) is 5.73 Å². The van der Waals surface area contributed by atoms with Crippen LogP contribution in [0.1, 0.15) is 40.0 Å². The molecule has 3 nitrogen and oxygen atoms in total. The molecule has 0 saturated heterocycles. The molecule has 0 aromatic heterocycles. The first-order chi connectivity index (χ1) is 9.60. The van der Waals surface area contributed by atoms with Gasteiger partial charge in [0.05, 0.1) is 6.04 Å². The second kappa shape index (κ2) is 6.35. The van der Waals surface area contributed by atoms with Crippen molar-refractivity contribution in [1.29, 1.82) is 0 Å². The van der Waals surface area contributed by atoms with Crippen molar-refractivity contribution in [2.45, 2.75) is 26.4 Å². The molecule has 2 aromatic rings. The van der Waals surface area contributed by atoms with Crippen LogP contribution in [0.5, 0.6) is 0 Å². The van der Waals surface area contributed by atoms with Crippen molar-refractivity contribution in [3.05, 3.63) is 70.8 Å². The molecular weight excluding hydrogens is 248 g/mol. The Morgan fingerprint density at radius 2 is 1.90 bits per heavy atom.